The summed E-state index contributed by atoms with van der Waals surface area (Å²) in [6.07, 6.45) is 5.51. The van der Waals surface area contributed by atoms with E-state index in [-0.39, 0.29) is 24.6 Å². The molecular weight excluding hydrogens is 316 g/mol. The molecule has 1 aliphatic heterocycles. The Morgan fingerprint density at radius 1 is 1.28 bits per heavy atom. The van der Waals surface area contributed by atoms with E-state index in [9.17, 15) is 9.90 Å². The molecule has 3 atom stereocenters. The number of hydrogen-bond acceptors (Lipinski definition) is 4. The van der Waals surface area contributed by atoms with Gasteiger partial charge < -0.3 is 15.2 Å². The van der Waals surface area contributed by atoms with Gasteiger partial charge in [0.15, 0.2) is 0 Å². The summed E-state index contributed by atoms with van der Waals surface area (Å²) in [5.41, 5.74) is 1.14. The second-order valence-electron chi connectivity index (χ2n) is 7.44. The van der Waals surface area contributed by atoms with Gasteiger partial charge in [0, 0.05) is 12.1 Å². The van der Waals surface area contributed by atoms with Crippen molar-refractivity contribution in [2.75, 3.05) is 20.3 Å². The molecule has 0 spiro atoms. The zero-order valence-electron chi connectivity index (χ0n) is 15.3. The van der Waals surface area contributed by atoms with Crippen molar-refractivity contribution in [1.29, 1.82) is 0 Å². The Kier molecular flexibility index (Phi) is 5.97. The maximum Gasteiger partial charge on any atom is 0.234 e. The highest BCUT2D eigenvalue weighted by Gasteiger charge is 2.35. The second kappa shape index (κ2) is 8.19. The molecule has 2 aliphatic rings. The van der Waals surface area contributed by atoms with Crippen LogP contribution in [0.3, 0.4) is 0 Å². The number of ether oxygens (including phenoxy) is 1. The molecule has 1 aromatic rings. The molecule has 3 rings (SSSR count). The van der Waals surface area contributed by atoms with Crippen LogP contribution < -0.4 is 10.1 Å². The second-order valence-corrected chi connectivity index (χ2v) is 7.44. The Morgan fingerprint density at radius 2 is 2.00 bits per heavy atom. The van der Waals surface area contributed by atoms with E-state index in [0.29, 0.717) is 18.5 Å². The minimum Gasteiger partial charge on any atom is -0.497 e. The van der Waals surface area contributed by atoms with Crippen molar-refractivity contribution in [3.8, 4) is 5.75 Å². The van der Waals surface area contributed by atoms with Gasteiger partial charge in [-0.1, -0.05) is 18.6 Å². The molecule has 5 nitrogen and oxygen atoms in total. The number of hydrogen-bond donors (Lipinski definition) is 2. The molecular formula is C20H30N2O3. The van der Waals surface area contributed by atoms with Crippen LogP contribution in [0.2, 0.25) is 0 Å². The summed E-state index contributed by atoms with van der Waals surface area (Å²) in [4.78, 5) is 14.9. The fraction of sp³-hybridized carbons (Fsp3) is 0.650. The molecule has 5 heteroatoms. The third kappa shape index (κ3) is 4.53. The van der Waals surface area contributed by atoms with Crippen LogP contribution in [-0.2, 0) is 4.79 Å². The van der Waals surface area contributed by atoms with Gasteiger partial charge >= 0.3 is 0 Å². The van der Waals surface area contributed by atoms with E-state index in [0.717, 1.165) is 43.4 Å². The molecule has 138 valence electrons. The van der Waals surface area contributed by atoms with Gasteiger partial charge in [-0.3, -0.25) is 9.69 Å². The van der Waals surface area contributed by atoms with Gasteiger partial charge in [0.1, 0.15) is 5.75 Å². The van der Waals surface area contributed by atoms with E-state index in [2.05, 4.69) is 17.1 Å². The number of piperidine rings is 1. The number of amides is 1. The zero-order valence-corrected chi connectivity index (χ0v) is 15.3. The largest absolute Gasteiger partial charge is 0.497 e. The van der Waals surface area contributed by atoms with Crippen molar-refractivity contribution in [3.05, 3.63) is 29.8 Å². The zero-order chi connectivity index (χ0) is 17.8. The normalized spacial score (nSPS) is 25.4. The number of rotatable bonds is 7. The summed E-state index contributed by atoms with van der Waals surface area (Å²) in [6.45, 7) is 2.64. The van der Waals surface area contributed by atoms with Crippen LogP contribution in [0, 0.1) is 5.92 Å². The Hall–Kier alpha value is -1.59. The van der Waals surface area contributed by atoms with Crippen LogP contribution in [0.15, 0.2) is 24.3 Å². The number of methoxy groups -OCH3 is 1. The first-order valence-corrected chi connectivity index (χ1v) is 9.42. The lowest BCUT2D eigenvalue weighted by atomic mass is 9.96. The van der Waals surface area contributed by atoms with Crippen molar-refractivity contribution < 1.29 is 14.6 Å². The maximum atomic E-state index is 12.7. The first kappa shape index (κ1) is 18.2. The maximum absolute atomic E-state index is 12.7. The number of aliphatic hydroxyl groups is 1. The molecule has 25 heavy (non-hydrogen) atoms. The van der Waals surface area contributed by atoms with Gasteiger partial charge in [-0.25, -0.2) is 0 Å². The third-order valence-corrected chi connectivity index (χ3v) is 5.62. The van der Waals surface area contributed by atoms with E-state index < -0.39 is 0 Å². The lowest BCUT2D eigenvalue weighted by molar-refractivity contribution is -0.125. The Labute approximate surface area is 150 Å². The smallest absolute Gasteiger partial charge is 0.234 e. The van der Waals surface area contributed by atoms with Crippen LogP contribution in [0.1, 0.15) is 50.6 Å². The van der Waals surface area contributed by atoms with Gasteiger partial charge in [0.2, 0.25) is 5.91 Å². The molecule has 0 aromatic heterocycles. The summed E-state index contributed by atoms with van der Waals surface area (Å²) in [7, 11) is 1.66. The topological polar surface area (TPSA) is 61.8 Å². The summed E-state index contributed by atoms with van der Waals surface area (Å²) in [6, 6.07) is 8.51. The molecule has 1 aliphatic carbocycles. The first-order chi connectivity index (χ1) is 12.1. The third-order valence-electron chi connectivity index (χ3n) is 5.62. The molecule has 1 saturated carbocycles. The van der Waals surface area contributed by atoms with E-state index in [1.54, 1.807) is 7.11 Å². The lowest BCUT2D eigenvalue weighted by Gasteiger charge is -2.39. The van der Waals surface area contributed by atoms with Gasteiger partial charge in [0.05, 0.1) is 26.3 Å². The quantitative estimate of drug-likeness (QED) is 0.796. The molecule has 0 radical (unpaired) electrons. The summed E-state index contributed by atoms with van der Waals surface area (Å²) in [5, 5.41) is 12.9. The van der Waals surface area contributed by atoms with Crippen molar-refractivity contribution in [2.24, 2.45) is 5.92 Å². The van der Waals surface area contributed by atoms with Crippen molar-refractivity contribution >= 4 is 5.91 Å². The average Bonchev–Trinajstić information content (AvgIpc) is 3.46. The average molecular weight is 346 g/mol. The highest BCUT2D eigenvalue weighted by Crippen LogP contribution is 2.41. The van der Waals surface area contributed by atoms with Crippen LogP contribution >= 0.6 is 0 Å². The molecule has 1 aromatic carbocycles. The molecule has 2 N–H and O–H groups in total. The number of benzene rings is 1. The van der Waals surface area contributed by atoms with Gasteiger partial charge in [-0.15, -0.1) is 0 Å². The highest BCUT2D eigenvalue weighted by molar-refractivity contribution is 5.78. The summed E-state index contributed by atoms with van der Waals surface area (Å²) in [5.74, 6) is 1.42. The van der Waals surface area contributed by atoms with Crippen molar-refractivity contribution in [2.45, 2.75) is 57.2 Å². The summed E-state index contributed by atoms with van der Waals surface area (Å²) >= 11 is 0. The number of carbonyl (C=O) groups is 1. The van der Waals surface area contributed by atoms with E-state index in [1.807, 2.05) is 24.3 Å². The molecule has 1 saturated heterocycles. The fourth-order valence-corrected chi connectivity index (χ4v) is 3.92. The molecule has 2 fully saturated rings. The predicted octanol–water partition coefficient (Wildman–Crippen LogP) is 2.50. The number of aliphatic hydroxyl groups excluding tert-OH is 1. The van der Waals surface area contributed by atoms with E-state index in [4.69, 9.17) is 4.74 Å². The monoisotopic (exact) mass is 346 g/mol. The molecule has 3 unspecified atom stereocenters. The van der Waals surface area contributed by atoms with Gasteiger partial charge in [0.25, 0.3) is 0 Å². The van der Waals surface area contributed by atoms with Crippen LogP contribution in [0.4, 0.5) is 0 Å². The fourth-order valence-electron chi connectivity index (χ4n) is 3.92. The minimum atomic E-state index is 0.0555. The predicted molar refractivity (Wildman–Crippen MR) is 97.5 cm³/mol. The first-order valence-electron chi connectivity index (χ1n) is 9.42. The number of nitrogens with one attached hydrogen (secondary N) is 1. The number of carbonyl (C=O) groups excluding carboxylic acids is 1. The van der Waals surface area contributed by atoms with Crippen LogP contribution in [-0.4, -0.2) is 48.3 Å². The minimum absolute atomic E-state index is 0.0555. The van der Waals surface area contributed by atoms with E-state index in [1.165, 1.54) is 0 Å². The van der Waals surface area contributed by atoms with Crippen LogP contribution in [0.5, 0.6) is 5.75 Å². The van der Waals surface area contributed by atoms with Gasteiger partial charge in [-0.2, -0.15) is 0 Å². The molecule has 0 bridgehead atoms. The molecule has 1 amide bonds. The van der Waals surface area contributed by atoms with Gasteiger partial charge in [-0.05, 0) is 56.2 Å². The lowest BCUT2D eigenvalue weighted by Crippen LogP contribution is -2.51. The van der Waals surface area contributed by atoms with E-state index >= 15 is 0 Å². The van der Waals surface area contributed by atoms with Crippen molar-refractivity contribution in [1.82, 2.24) is 10.2 Å². The Bertz CT molecular complexity index is 571. The standard InChI is InChI=1S/C20H30N2O3/c1-14-4-3-5-17(13-23)22(14)12-19(24)21-20(15-6-7-15)16-8-10-18(25-2)11-9-16/h8-11,14-15,17,20,23H,3-7,12-13H2,1-2H3,(H,21,24). The molecule has 1 heterocycles. The number of nitrogens with zero attached hydrogens (tertiary/aromatic N) is 1. The highest BCUT2D eigenvalue weighted by atomic mass is 16.5. The number of likely N-dealkylation sites (tertiary alicyclic amines) is 1. The Balaban J connectivity index is 1.64. The van der Waals surface area contributed by atoms with Crippen LogP contribution in [0.25, 0.3) is 0 Å². The SMILES string of the molecule is COc1ccc(C(NC(=O)CN2C(C)CCCC2CO)C2CC2)cc1. The summed E-state index contributed by atoms with van der Waals surface area (Å²) < 4.78 is 5.22. The van der Waals surface area contributed by atoms with Crippen molar-refractivity contribution in [3.63, 3.8) is 0 Å². The Morgan fingerprint density at radius 3 is 2.60 bits per heavy atom.